The Kier molecular flexibility index (Phi) is 3.11. The molecule has 2 unspecified atom stereocenters. The molecule has 0 bridgehead atoms. The molecule has 1 amide bonds. The van der Waals surface area contributed by atoms with Gasteiger partial charge in [0.05, 0.1) is 0 Å². The number of carbonyl (C=O) groups is 1. The zero-order valence-corrected chi connectivity index (χ0v) is 9.73. The third-order valence-electron chi connectivity index (χ3n) is 2.00. The minimum atomic E-state index is -1.04. The normalized spacial score (nSPS) is 25.4. The number of benzene rings is 1. The van der Waals surface area contributed by atoms with Crippen LogP contribution in [0.2, 0.25) is 10.0 Å². The molecular weight excluding hydrogens is 257 g/mol. The topological polar surface area (TPSA) is 49.3 Å². The fourth-order valence-electron chi connectivity index (χ4n) is 1.29. The second-order valence-electron chi connectivity index (χ2n) is 3.04. The van der Waals surface area contributed by atoms with E-state index in [1.54, 1.807) is 18.2 Å². The lowest BCUT2D eigenvalue weighted by molar-refractivity contribution is -0.124. The Morgan fingerprint density at radius 3 is 2.73 bits per heavy atom. The van der Waals surface area contributed by atoms with E-state index in [9.17, 15) is 9.90 Å². The first-order valence-electron chi connectivity index (χ1n) is 4.17. The fraction of sp³-hybridized carbons (Fsp3) is 0.222. The summed E-state index contributed by atoms with van der Waals surface area (Å²) in [4.78, 5) is 11.1. The maximum absolute atomic E-state index is 11.1. The average molecular weight is 264 g/mol. The molecule has 15 heavy (non-hydrogen) atoms. The van der Waals surface area contributed by atoms with Gasteiger partial charge in [-0.15, -0.1) is 0 Å². The van der Waals surface area contributed by atoms with Crippen LogP contribution in [0.1, 0.15) is 10.9 Å². The summed E-state index contributed by atoms with van der Waals surface area (Å²) in [5.74, 6) is -0.402. The van der Waals surface area contributed by atoms with Crippen LogP contribution in [-0.2, 0) is 4.79 Å². The molecule has 1 aromatic rings. The summed E-state index contributed by atoms with van der Waals surface area (Å²) in [6.45, 7) is 0. The highest BCUT2D eigenvalue weighted by atomic mass is 35.5. The van der Waals surface area contributed by atoms with E-state index in [2.05, 4.69) is 5.32 Å². The second-order valence-corrected chi connectivity index (χ2v) is 5.08. The monoisotopic (exact) mass is 263 g/mol. The maximum Gasteiger partial charge on any atom is 0.260 e. The zero-order valence-electron chi connectivity index (χ0n) is 7.41. The van der Waals surface area contributed by atoms with Crippen LogP contribution in [0.25, 0.3) is 0 Å². The van der Waals surface area contributed by atoms with Gasteiger partial charge in [0, 0.05) is 15.6 Å². The van der Waals surface area contributed by atoms with Crippen molar-refractivity contribution in [3.8, 4) is 0 Å². The van der Waals surface area contributed by atoms with Crippen LogP contribution in [0.5, 0.6) is 0 Å². The van der Waals surface area contributed by atoms with E-state index in [4.69, 9.17) is 23.2 Å². The molecule has 0 radical (unpaired) electrons. The van der Waals surface area contributed by atoms with Gasteiger partial charge in [0.1, 0.15) is 5.37 Å². The van der Waals surface area contributed by atoms with Gasteiger partial charge in [-0.1, -0.05) is 35.0 Å². The molecule has 1 aromatic carbocycles. The maximum atomic E-state index is 11.1. The molecule has 1 heterocycles. The second kappa shape index (κ2) is 4.22. The van der Waals surface area contributed by atoms with Crippen molar-refractivity contribution in [1.29, 1.82) is 0 Å². The fourth-order valence-corrected chi connectivity index (χ4v) is 2.74. The van der Waals surface area contributed by atoms with Crippen molar-refractivity contribution in [2.75, 3.05) is 0 Å². The molecule has 2 rings (SSSR count). The zero-order chi connectivity index (χ0) is 11.0. The Morgan fingerprint density at radius 2 is 2.13 bits per heavy atom. The standard InChI is InChI=1S/C9H7Cl2NO2S/c10-4-1-2-6(11)5(3-4)8-12-7(13)9(14)15-8/h1-3,8-9,14H,(H,12,13). The Balaban J connectivity index is 2.30. The molecule has 0 spiro atoms. The molecule has 0 aliphatic carbocycles. The van der Waals surface area contributed by atoms with Crippen LogP contribution >= 0.6 is 35.0 Å². The number of hydrogen-bond donors (Lipinski definition) is 2. The van der Waals surface area contributed by atoms with Crippen molar-refractivity contribution in [2.45, 2.75) is 10.8 Å². The molecule has 1 aliphatic heterocycles. The van der Waals surface area contributed by atoms with E-state index in [1.165, 1.54) is 0 Å². The van der Waals surface area contributed by atoms with Crippen molar-refractivity contribution in [3.63, 3.8) is 0 Å². The lowest BCUT2D eigenvalue weighted by atomic mass is 10.2. The number of nitrogens with one attached hydrogen (secondary N) is 1. The van der Waals surface area contributed by atoms with Crippen LogP contribution in [-0.4, -0.2) is 16.4 Å². The average Bonchev–Trinajstić information content (AvgIpc) is 2.51. The quantitative estimate of drug-likeness (QED) is 0.817. The highest BCUT2D eigenvalue weighted by Gasteiger charge is 2.32. The number of hydrogen-bond acceptors (Lipinski definition) is 3. The molecule has 80 valence electrons. The minimum absolute atomic E-state index is 0.335. The van der Waals surface area contributed by atoms with Crippen molar-refractivity contribution in [1.82, 2.24) is 5.32 Å². The molecule has 3 nitrogen and oxygen atoms in total. The first-order chi connectivity index (χ1) is 7.08. The lowest BCUT2D eigenvalue weighted by Gasteiger charge is -2.11. The van der Waals surface area contributed by atoms with Gasteiger partial charge in [0.25, 0.3) is 5.91 Å². The number of amides is 1. The molecule has 2 atom stereocenters. The van der Waals surface area contributed by atoms with Gasteiger partial charge in [-0.25, -0.2) is 0 Å². The molecule has 1 saturated heterocycles. The van der Waals surface area contributed by atoms with Crippen LogP contribution in [0.4, 0.5) is 0 Å². The van der Waals surface area contributed by atoms with Crippen LogP contribution in [0.3, 0.4) is 0 Å². The summed E-state index contributed by atoms with van der Waals surface area (Å²) in [5, 5.41) is 12.6. The number of thioether (sulfide) groups is 1. The van der Waals surface area contributed by atoms with E-state index in [-0.39, 0.29) is 5.37 Å². The first-order valence-corrected chi connectivity index (χ1v) is 5.86. The Bertz CT molecular complexity index is 413. The molecule has 0 saturated carbocycles. The Labute approximate surface area is 101 Å². The summed E-state index contributed by atoms with van der Waals surface area (Å²) in [7, 11) is 0. The van der Waals surface area contributed by atoms with Gasteiger partial charge in [-0.05, 0) is 18.2 Å². The van der Waals surface area contributed by atoms with Crippen LogP contribution < -0.4 is 5.32 Å². The highest BCUT2D eigenvalue weighted by molar-refractivity contribution is 8.01. The van der Waals surface area contributed by atoms with Crippen LogP contribution in [0, 0.1) is 0 Å². The molecule has 1 aliphatic rings. The summed E-state index contributed by atoms with van der Waals surface area (Å²) < 4.78 is 0. The van der Waals surface area contributed by atoms with E-state index in [0.717, 1.165) is 11.8 Å². The molecule has 0 aromatic heterocycles. The van der Waals surface area contributed by atoms with Crippen LogP contribution in [0.15, 0.2) is 18.2 Å². The van der Waals surface area contributed by atoms with E-state index < -0.39 is 11.3 Å². The van der Waals surface area contributed by atoms with Gasteiger partial charge >= 0.3 is 0 Å². The van der Waals surface area contributed by atoms with E-state index in [1.807, 2.05) is 0 Å². The lowest BCUT2D eigenvalue weighted by Crippen LogP contribution is -2.23. The third-order valence-corrected chi connectivity index (χ3v) is 3.70. The van der Waals surface area contributed by atoms with Gasteiger partial charge in [0.15, 0.2) is 5.44 Å². The van der Waals surface area contributed by atoms with Crippen molar-refractivity contribution < 1.29 is 9.90 Å². The Morgan fingerprint density at radius 1 is 1.40 bits per heavy atom. The third kappa shape index (κ3) is 2.23. The summed E-state index contributed by atoms with van der Waals surface area (Å²) >= 11 is 12.9. The van der Waals surface area contributed by atoms with Crippen molar-refractivity contribution >= 4 is 40.9 Å². The summed E-state index contributed by atoms with van der Waals surface area (Å²) in [6.07, 6.45) is 0. The molecule has 6 heteroatoms. The van der Waals surface area contributed by atoms with Gasteiger partial charge in [-0.3, -0.25) is 4.79 Å². The smallest absolute Gasteiger partial charge is 0.260 e. The molecule has 2 N–H and O–H groups in total. The number of rotatable bonds is 1. The van der Waals surface area contributed by atoms with E-state index >= 15 is 0 Å². The molecular formula is C9H7Cl2NO2S. The van der Waals surface area contributed by atoms with E-state index in [0.29, 0.717) is 15.6 Å². The Hall–Kier alpha value is -0.420. The minimum Gasteiger partial charge on any atom is -0.373 e. The number of aliphatic hydroxyl groups excluding tert-OH is 1. The number of carbonyl (C=O) groups excluding carboxylic acids is 1. The number of aliphatic hydroxyl groups is 1. The van der Waals surface area contributed by atoms with Crippen molar-refractivity contribution in [2.24, 2.45) is 0 Å². The predicted octanol–water partition coefficient (Wildman–Crippen LogP) is 2.17. The van der Waals surface area contributed by atoms with Gasteiger partial charge in [0.2, 0.25) is 0 Å². The predicted molar refractivity (Wildman–Crippen MR) is 60.9 cm³/mol. The van der Waals surface area contributed by atoms with Crippen molar-refractivity contribution in [3.05, 3.63) is 33.8 Å². The van der Waals surface area contributed by atoms with Gasteiger partial charge < -0.3 is 10.4 Å². The number of halogens is 2. The highest BCUT2D eigenvalue weighted by Crippen LogP contribution is 2.38. The largest absolute Gasteiger partial charge is 0.373 e. The van der Waals surface area contributed by atoms with Gasteiger partial charge in [-0.2, -0.15) is 0 Å². The summed E-state index contributed by atoms with van der Waals surface area (Å²) in [6, 6.07) is 5.02. The molecule has 1 fully saturated rings. The first kappa shape index (κ1) is 11.1. The SMILES string of the molecule is O=C1NC(c2cc(Cl)ccc2Cl)SC1O. The summed E-state index contributed by atoms with van der Waals surface area (Å²) in [5.41, 5.74) is -0.330.